The maximum Gasteiger partial charge on any atom is 0.407 e. The lowest BCUT2D eigenvalue weighted by Crippen LogP contribution is -2.33. The third-order valence-electron chi connectivity index (χ3n) is 3.65. The number of alkyl carbamates (subject to hydrolysis) is 1. The standard InChI is InChI=1S/C18H24N4O3/c1-3-14(21-16(23)10-11-19-18(24)25-4-2)17-20-12-15(22-17)13-8-6-5-7-9-13/h5-9,12,14H,3-4,10-11H2,1-2H3,(H,19,24)(H,20,22)(H,21,23)/t14-/m1/s1. The first-order valence-corrected chi connectivity index (χ1v) is 8.44. The highest BCUT2D eigenvalue weighted by Gasteiger charge is 2.16. The highest BCUT2D eigenvalue weighted by atomic mass is 16.5. The Bertz CT molecular complexity index is 685. The van der Waals surface area contributed by atoms with Crippen molar-refractivity contribution in [2.75, 3.05) is 13.2 Å². The predicted molar refractivity (Wildman–Crippen MR) is 94.8 cm³/mol. The lowest BCUT2D eigenvalue weighted by atomic mass is 10.2. The maximum atomic E-state index is 12.1. The first kappa shape index (κ1) is 18.5. The Hall–Kier alpha value is -2.83. The lowest BCUT2D eigenvalue weighted by molar-refractivity contribution is -0.121. The smallest absolute Gasteiger partial charge is 0.407 e. The molecule has 0 radical (unpaired) electrons. The fraction of sp³-hybridized carbons (Fsp3) is 0.389. The fourth-order valence-electron chi connectivity index (χ4n) is 2.37. The van der Waals surface area contributed by atoms with Crippen LogP contribution < -0.4 is 10.6 Å². The quantitative estimate of drug-likeness (QED) is 0.686. The van der Waals surface area contributed by atoms with Gasteiger partial charge in [0.1, 0.15) is 5.82 Å². The number of carbonyl (C=O) groups is 2. The van der Waals surface area contributed by atoms with Gasteiger partial charge in [-0.05, 0) is 18.9 Å². The van der Waals surface area contributed by atoms with Crippen LogP contribution in [0.1, 0.15) is 38.6 Å². The van der Waals surface area contributed by atoms with E-state index >= 15 is 0 Å². The molecule has 1 aromatic carbocycles. The number of aromatic nitrogens is 2. The molecule has 0 fully saturated rings. The maximum absolute atomic E-state index is 12.1. The summed E-state index contributed by atoms with van der Waals surface area (Å²) < 4.78 is 4.74. The van der Waals surface area contributed by atoms with Gasteiger partial charge in [-0.25, -0.2) is 9.78 Å². The Morgan fingerprint density at radius 2 is 2.00 bits per heavy atom. The van der Waals surface area contributed by atoms with Gasteiger partial charge in [0.2, 0.25) is 5.91 Å². The largest absolute Gasteiger partial charge is 0.450 e. The summed E-state index contributed by atoms with van der Waals surface area (Å²) in [7, 11) is 0. The Balaban J connectivity index is 1.88. The van der Waals surface area contributed by atoms with E-state index in [9.17, 15) is 9.59 Å². The third-order valence-corrected chi connectivity index (χ3v) is 3.65. The number of hydrogen-bond donors (Lipinski definition) is 3. The minimum atomic E-state index is -0.513. The first-order valence-electron chi connectivity index (χ1n) is 8.44. The molecule has 1 heterocycles. The highest BCUT2D eigenvalue weighted by Crippen LogP contribution is 2.20. The number of carbonyl (C=O) groups excluding carboxylic acids is 2. The normalized spacial score (nSPS) is 11.6. The van der Waals surface area contributed by atoms with Crippen LogP contribution in [0.2, 0.25) is 0 Å². The molecule has 1 atom stereocenters. The van der Waals surface area contributed by atoms with E-state index in [2.05, 4.69) is 20.6 Å². The van der Waals surface area contributed by atoms with Crippen molar-refractivity contribution in [2.24, 2.45) is 0 Å². The van der Waals surface area contributed by atoms with Crippen molar-refractivity contribution < 1.29 is 14.3 Å². The van der Waals surface area contributed by atoms with Gasteiger partial charge < -0.3 is 20.4 Å². The zero-order valence-electron chi connectivity index (χ0n) is 14.5. The van der Waals surface area contributed by atoms with Crippen LogP contribution in [0.25, 0.3) is 11.3 Å². The first-order chi connectivity index (χ1) is 12.1. The van der Waals surface area contributed by atoms with E-state index in [1.807, 2.05) is 37.3 Å². The molecular weight excluding hydrogens is 320 g/mol. The molecule has 0 aliphatic carbocycles. The van der Waals surface area contributed by atoms with Crippen LogP contribution in [0, 0.1) is 0 Å². The molecule has 3 N–H and O–H groups in total. The molecule has 0 spiro atoms. The molecule has 0 aliphatic rings. The molecular formula is C18H24N4O3. The molecule has 2 aromatic rings. The predicted octanol–water partition coefficient (Wildman–Crippen LogP) is 2.78. The molecule has 7 nitrogen and oxygen atoms in total. The average Bonchev–Trinajstić information content (AvgIpc) is 3.10. The summed E-state index contributed by atoms with van der Waals surface area (Å²) in [5.41, 5.74) is 1.95. The monoisotopic (exact) mass is 344 g/mol. The molecule has 0 unspecified atom stereocenters. The minimum absolute atomic E-state index is 0.152. The van der Waals surface area contributed by atoms with Gasteiger partial charge in [-0.2, -0.15) is 0 Å². The number of ether oxygens (including phenoxy) is 1. The van der Waals surface area contributed by atoms with Crippen LogP contribution in [0.4, 0.5) is 4.79 Å². The average molecular weight is 344 g/mol. The molecule has 134 valence electrons. The van der Waals surface area contributed by atoms with Gasteiger partial charge in [-0.15, -0.1) is 0 Å². The van der Waals surface area contributed by atoms with Gasteiger partial charge >= 0.3 is 6.09 Å². The van der Waals surface area contributed by atoms with Crippen molar-refractivity contribution >= 4 is 12.0 Å². The van der Waals surface area contributed by atoms with Crippen LogP contribution in [-0.4, -0.2) is 35.1 Å². The van der Waals surface area contributed by atoms with Crippen molar-refractivity contribution in [3.63, 3.8) is 0 Å². The number of nitrogens with one attached hydrogen (secondary N) is 3. The van der Waals surface area contributed by atoms with Gasteiger partial charge in [-0.3, -0.25) is 4.79 Å². The second kappa shape index (κ2) is 9.46. The third kappa shape index (κ3) is 5.63. The van der Waals surface area contributed by atoms with Crippen LogP contribution in [0.15, 0.2) is 36.5 Å². The van der Waals surface area contributed by atoms with Crippen LogP contribution >= 0.6 is 0 Å². The Morgan fingerprint density at radius 3 is 2.68 bits per heavy atom. The van der Waals surface area contributed by atoms with Crippen molar-refractivity contribution in [1.29, 1.82) is 0 Å². The van der Waals surface area contributed by atoms with E-state index in [0.29, 0.717) is 18.9 Å². The molecule has 0 aliphatic heterocycles. The topological polar surface area (TPSA) is 96.1 Å². The van der Waals surface area contributed by atoms with Gasteiger partial charge in [0.25, 0.3) is 0 Å². The number of nitrogens with zero attached hydrogens (tertiary/aromatic N) is 1. The van der Waals surface area contributed by atoms with Gasteiger partial charge in [-0.1, -0.05) is 37.3 Å². The summed E-state index contributed by atoms with van der Waals surface area (Å²) >= 11 is 0. The van der Waals surface area contributed by atoms with E-state index in [-0.39, 0.29) is 24.9 Å². The number of H-pyrrole nitrogens is 1. The summed E-state index contributed by atoms with van der Waals surface area (Å²) in [4.78, 5) is 30.9. The Labute approximate surface area is 147 Å². The number of aromatic amines is 1. The molecule has 0 saturated heterocycles. The van der Waals surface area contributed by atoms with Crippen LogP contribution in [0.3, 0.4) is 0 Å². The Kier molecular flexibility index (Phi) is 7.00. The van der Waals surface area contributed by atoms with E-state index in [1.54, 1.807) is 13.1 Å². The highest BCUT2D eigenvalue weighted by molar-refractivity contribution is 5.77. The summed E-state index contributed by atoms with van der Waals surface area (Å²) in [5, 5.41) is 5.45. The summed E-state index contributed by atoms with van der Waals surface area (Å²) in [6, 6.07) is 9.68. The zero-order valence-corrected chi connectivity index (χ0v) is 14.5. The van der Waals surface area contributed by atoms with Crippen LogP contribution in [0.5, 0.6) is 0 Å². The van der Waals surface area contributed by atoms with E-state index < -0.39 is 6.09 Å². The molecule has 25 heavy (non-hydrogen) atoms. The molecule has 0 bridgehead atoms. The summed E-state index contributed by atoms with van der Waals surface area (Å²) in [6.07, 6.45) is 2.14. The fourth-order valence-corrected chi connectivity index (χ4v) is 2.37. The summed E-state index contributed by atoms with van der Waals surface area (Å²) in [5.74, 6) is 0.564. The van der Waals surface area contributed by atoms with Gasteiger partial charge in [0.15, 0.2) is 0 Å². The van der Waals surface area contributed by atoms with E-state index in [0.717, 1.165) is 11.3 Å². The molecule has 1 aromatic heterocycles. The van der Waals surface area contributed by atoms with Gasteiger partial charge in [0.05, 0.1) is 24.5 Å². The number of amides is 2. The Morgan fingerprint density at radius 1 is 1.24 bits per heavy atom. The van der Waals surface area contributed by atoms with E-state index in [1.165, 1.54) is 0 Å². The van der Waals surface area contributed by atoms with Crippen molar-refractivity contribution in [1.82, 2.24) is 20.6 Å². The van der Waals surface area contributed by atoms with Crippen molar-refractivity contribution in [3.05, 3.63) is 42.4 Å². The van der Waals surface area contributed by atoms with Crippen molar-refractivity contribution in [2.45, 2.75) is 32.7 Å². The number of hydrogen-bond acceptors (Lipinski definition) is 4. The molecule has 7 heteroatoms. The van der Waals surface area contributed by atoms with Gasteiger partial charge in [0, 0.05) is 13.0 Å². The summed E-state index contributed by atoms with van der Waals surface area (Å²) in [6.45, 7) is 4.24. The van der Waals surface area contributed by atoms with Crippen LogP contribution in [-0.2, 0) is 9.53 Å². The van der Waals surface area contributed by atoms with Crippen molar-refractivity contribution in [3.8, 4) is 11.3 Å². The second-order valence-corrected chi connectivity index (χ2v) is 5.47. The van der Waals surface area contributed by atoms with E-state index in [4.69, 9.17) is 4.74 Å². The zero-order chi connectivity index (χ0) is 18.1. The molecule has 2 rings (SSSR count). The lowest BCUT2D eigenvalue weighted by Gasteiger charge is -2.15. The number of imidazole rings is 1. The minimum Gasteiger partial charge on any atom is -0.450 e. The molecule has 0 saturated carbocycles. The number of benzene rings is 1. The molecule has 2 amide bonds. The second-order valence-electron chi connectivity index (χ2n) is 5.47. The SMILES string of the molecule is CCOC(=O)NCCC(=O)N[C@H](CC)c1ncc(-c2ccccc2)[nH]1. The number of rotatable bonds is 8.